The van der Waals surface area contributed by atoms with Crippen LogP contribution >= 0.6 is 0 Å². The molecule has 2 heterocycles. The number of hydrogen-bond donors (Lipinski definition) is 0. The number of hydrogen-bond acceptors (Lipinski definition) is 2. The standard InChI is InChI=1S/C24H23N2O.C3H8/c1-25-17-20-5-2-3-8-22(20)23-10-9-19(16-24(23)25)18-6-4-7-21(15-18)26-11-13-27-14-12-26;1-3-2/h2-10,15-17H,11-14H2,1H3;3H2,1-2H3/q+1;. The molecule has 0 amide bonds. The Morgan fingerprint density at radius 1 is 0.833 bits per heavy atom. The van der Waals surface area contributed by atoms with Crippen LogP contribution in [0, 0.1) is 0 Å². The fourth-order valence-electron chi connectivity index (χ4n) is 4.07. The lowest BCUT2D eigenvalue weighted by molar-refractivity contribution is -0.643. The Morgan fingerprint density at radius 3 is 2.37 bits per heavy atom. The monoisotopic (exact) mass is 399 g/mol. The van der Waals surface area contributed by atoms with Gasteiger partial charge in [-0.1, -0.05) is 56.7 Å². The van der Waals surface area contributed by atoms with E-state index >= 15 is 0 Å². The Labute approximate surface area is 179 Å². The van der Waals surface area contributed by atoms with Crippen LogP contribution in [0.25, 0.3) is 32.8 Å². The Kier molecular flexibility index (Phi) is 6.29. The van der Waals surface area contributed by atoms with Gasteiger partial charge in [-0.05, 0) is 35.4 Å². The molecule has 1 aliphatic rings. The first kappa shape index (κ1) is 20.4. The molecule has 3 heteroatoms. The molecule has 0 N–H and O–H groups in total. The lowest BCUT2D eigenvalue weighted by atomic mass is 10.00. The van der Waals surface area contributed by atoms with Gasteiger partial charge < -0.3 is 9.64 Å². The highest BCUT2D eigenvalue weighted by molar-refractivity contribution is 6.04. The van der Waals surface area contributed by atoms with Crippen LogP contribution in [0.2, 0.25) is 0 Å². The summed E-state index contributed by atoms with van der Waals surface area (Å²) in [5, 5.41) is 3.87. The van der Waals surface area contributed by atoms with Crippen LogP contribution in [0.5, 0.6) is 0 Å². The smallest absolute Gasteiger partial charge is 0.213 e. The predicted octanol–water partition coefficient (Wildman–Crippen LogP) is 5.74. The summed E-state index contributed by atoms with van der Waals surface area (Å²) < 4.78 is 7.72. The molecular formula is C27H31N2O+. The number of rotatable bonds is 2. The number of anilines is 1. The maximum absolute atomic E-state index is 5.49. The van der Waals surface area contributed by atoms with Crippen LogP contribution in [0.15, 0.2) is 72.9 Å². The first-order valence-corrected chi connectivity index (χ1v) is 11.0. The number of ether oxygens (including phenoxy) is 1. The van der Waals surface area contributed by atoms with E-state index in [1.807, 2.05) is 0 Å². The summed E-state index contributed by atoms with van der Waals surface area (Å²) >= 11 is 0. The molecule has 0 unspecified atom stereocenters. The first-order valence-electron chi connectivity index (χ1n) is 11.0. The maximum Gasteiger partial charge on any atom is 0.213 e. The molecule has 3 nitrogen and oxygen atoms in total. The highest BCUT2D eigenvalue weighted by Gasteiger charge is 2.14. The molecule has 0 atom stereocenters. The molecule has 0 radical (unpaired) electrons. The fraction of sp³-hybridized carbons (Fsp3) is 0.296. The number of nitrogens with zero attached hydrogens (tertiary/aromatic N) is 2. The first-order chi connectivity index (χ1) is 14.7. The average molecular weight is 400 g/mol. The van der Waals surface area contributed by atoms with E-state index in [2.05, 4.69) is 103 Å². The molecule has 1 fully saturated rings. The van der Waals surface area contributed by atoms with Crippen molar-refractivity contribution in [2.45, 2.75) is 20.3 Å². The lowest BCUT2D eigenvalue weighted by Crippen LogP contribution is -2.36. The summed E-state index contributed by atoms with van der Waals surface area (Å²) in [4.78, 5) is 2.40. The zero-order chi connectivity index (χ0) is 20.9. The number of aryl methyl sites for hydroxylation is 1. The maximum atomic E-state index is 5.49. The van der Waals surface area contributed by atoms with Gasteiger partial charge in [0.15, 0.2) is 6.20 Å². The molecule has 1 saturated heterocycles. The topological polar surface area (TPSA) is 16.4 Å². The Bertz CT molecular complexity index is 1150. The second-order valence-corrected chi connectivity index (χ2v) is 7.92. The number of fused-ring (bicyclic) bond motifs is 3. The van der Waals surface area contributed by atoms with Gasteiger partial charge in [0.1, 0.15) is 7.05 Å². The highest BCUT2D eigenvalue weighted by atomic mass is 16.5. The largest absolute Gasteiger partial charge is 0.378 e. The molecule has 3 aromatic carbocycles. The molecule has 4 aromatic rings. The summed E-state index contributed by atoms with van der Waals surface area (Å²) in [6.07, 6.45) is 3.46. The Hall–Kier alpha value is -2.91. The third-order valence-corrected chi connectivity index (χ3v) is 5.52. The zero-order valence-electron chi connectivity index (χ0n) is 18.3. The van der Waals surface area contributed by atoms with E-state index in [0.717, 1.165) is 26.3 Å². The third kappa shape index (κ3) is 4.17. The minimum Gasteiger partial charge on any atom is -0.378 e. The summed E-state index contributed by atoms with van der Waals surface area (Å²) in [5.74, 6) is 0. The second-order valence-electron chi connectivity index (χ2n) is 7.92. The van der Waals surface area contributed by atoms with Crippen molar-refractivity contribution in [1.29, 1.82) is 0 Å². The average Bonchev–Trinajstić information content (AvgIpc) is 2.80. The van der Waals surface area contributed by atoms with Crippen LogP contribution < -0.4 is 9.47 Å². The van der Waals surface area contributed by atoms with Crippen LogP contribution in [0.4, 0.5) is 5.69 Å². The summed E-state index contributed by atoms with van der Waals surface area (Å²) in [6, 6.07) is 24.3. The van der Waals surface area contributed by atoms with Gasteiger partial charge in [-0.2, -0.15) is 0 Å². The molecule has 1 aliphatic heterocycles. The van der Waals surface area contributed by atoms with Crippen molar-refractivity contribution >= 4 is 27.4 Å². The van der Waals surface area contributed by atoms with Gasteiger partial charge in [0.05, 0.1) is 18.6 Å². The molecule has 1 aromatic heterocycles. The molecular weight excluding hydrogens is 368 g/mol. The number of aromatic nitrogens is 1. The number of benzene rings is 3. The van der Waals surface area contributed by atoms with Crippen LogP contribution in [-0.2, 0) is 11.8 Å². The SMILES string of the molecule is CCC.C[n+]1cc2ccccc2c2ccc(-c3cccc(N4CCOCC4)c3)cc21. The number of morpholine rings is 1. The van der Waals surface area contributed by atoms with E-state index in [-0.39, 0.29) is 0 Å². The summed E-state index contributed by atoms with van der Waals surface area (Å²) in [7, 11) is 2.13. The lowest BCUT2D eigenvalue weighted by Gasteiger charge is -2.29. The van der Waals surface area contributed by atoms with Crippen molar-refractivity contribution in [2.75, 3.05) is 31.2 Å². The summed E-state index contributed by atoms with van der Waals surface area (Å²) in [5.41, 5.74) is 5.04. The van der Waals surface area contributed by atoms with Gasteiger partial charge in [0.25, 0.3) is 0 Å². The van der Waals surface area contributed by atoms with Crippen molar-refractivity contribution in [3.63, 3.8) is 0 Å². The Balaban J connectivity index is 0.000000687. The van der Waals surface area contributed by atoms with Crippen molar-refractivity contribution in [3.05, 3.63) is 72.9 Å². The van der Waals surface area contributed by atoms with E-state index in [9.17, 15) is 0 Å². The molecule has 0 saturated carbocycles. The zero-order valence-corrected chi connectivity index (χ0v) is 18.3. The van der Waals surface area contributed by atoms with Crippen molar-refractivity contribution in [3.8, 4) is 11.1 Å². The molecule has 154 valence electrons. The second kappa shape index (κ2) is 9.27. The van der Waals surface area contributed by atoms with Crippen molar-refractivity contribution < 1.29 is 9.30 Å². The third-order valence-electron chi connectivity index (χ3n) is 5.52. The number of pyridine rings is 1. The van der Waals surface area contributed by atoms with Crippen LogP contribution in [-0.4, -0.2) is 26.3 Å². The summed E-state index contributed by atoms with van der Waals surface area (Å²) in [6.45, 7) is 7.79. The normalized spacial score (nSPS) is 13.9. The van der Waals surface area contributed by atoms with Gasteiger partial charge in [-0.25, -0.2) is 4.57 Å². The van der Waals surface area contributed by atoms with E-state index < -0.39 is 0 Å². The van der Waals surface area contributed by atoms with Gasteiger partial charge >= 0.3 is 0 Å². The molecule has 5 rings (SSSR count). The van der Waals surface area contributed by atoms with Crippen molar-refractivity contribution in [1.82, 2.24) is 0 Å². The van der Waals surface area contributed by atoms with Crippen LogP contribution in [0.1, 0.15) is 20.3 Å². The predicted molar refractivity (Wildman–Crippen MR) is 127 cm³/mol. The Morgan fingerprint density at radius 2 is 1.57 bits per heavy atom. The molecule has 0 spiro atoms. The van der Waals surface area contributed by atoms with Gasteiger partial charge in [0, 0.05) is 35.6 Å². The van der Waals surface area contributed by atoms with E-state index in [0.29, 0.717) is 0 Å². The molecule has 30 heavy (non-hydrogen) atoms. The van der Waals surface area contributed by atoms with Crippen LogP contribution in [0.3, 0.4) is 0 Å². The van der Waals surface area contributed by atoms with Crippen molar-refractivity contribution in [2.24, 2.45) is 7.05 Å². The highest BCUT2D eigenvalue weighted by Crippen LogP contribution is 2.29. The van der Waals surface area contributed by atoms with E-state index in [1.54, 1.807) is 0 Å². The van der Waals surface area contributed by atoms with Gasteiger partial charge in [-0.15, -0.1) is 0 Å². The quantitative estimate of drug-likeness (QED) is 0.316. The fourth-order valence-corrected chi connectivity index (χ4v) is 4.07. The van der Waals surface area contributed by atoms with E-state index in [1.165, 1.54) is 44.9 Å². The minimum absolute atomic E-state index is 0.809. The van der Waals surface area contributed by atoms with Gasteiger partial charge in [0.2, 0.25) is 5.52 Å². The van der Waals surface area contributed by atoms with Gasteiger partial charge in [-0.3, -0.25) is 0 Å². The molecule has 0 aliphatic carbocycles. The minimum atomic E-state index is 0.809. The van der Waals surface area contributed by atoms with E-state index in [4.69, 9.17) is 4.74 Å². The molecule has 0 bridgehead atoms.